The summed E-state index contributed by atoms with van der Waals surface area (Å²) in [5.41, 5.74) is 1.15. The number of nitrogens with one attached hydrogen (secondary N) is 1. The number of ether oxygens (including phenoxy) is 2. The maximum absolute atomic E-state index is 14.0. The number of carbonyl (C=O) groups is 1. The Morgan fingerprint density at radius 1 is 1.09 bits per heavy atom. The molecule has 0 aliphatic heterocycles. The normalized spacial score (nSPS) is 11.4. The van der Waals surface area contributed by atoms with Crippen LogP contribution in [0.5, 0.6) is 11.5 Å². The van der Waals surface area contributed by atoms with Crippen molar-refractivity contribution < 1.29 is 23.1 Å². The highest BCUT2D eigenvalue weighted by molar-refractivity contribution is 9.10. The number of amides is 1. The lowest BCUT2D eigenvalue weighted by atomic mass is 10.2. The molecule has 9 nitrogen and oxygen atoms in total. The zero-order valence-electron chi connectivity index (χ0n) is 23.9. The third-order valence-electron chi connectivity index (χ3n) is 6.72. The lowest BCUT2D eigenvalue weighted by molar-refractivity contribution is -0.118. The van der Waals surface area contributed by atoms with E-state index in [1.165, 1.54) is 24.4 Å². The smallest absolute Gasteiger partial charge is 0.282 e. The maximum Gasteiger partial charge on any atom is 0.282 e. The molecular weight excluding hydrogens is 747 g/mol. The van der Waals surface area contributed by atoms with Crippen molar-refractivity contribution in [3.63, 3.8) is 0 Å². The summed E-state index contributed by atoms with van der Waals surface area (Å²) in [5, 5.41) is 8.25. The Kier molecular flexibility index (Phi) is 9.20. The third-order valence-corrected chi connectivity index (χ3v) is 8.65. The zero-order chi connectivity index (χ0) is 32.4. The predicted octanol–water partition coefficient (Wildman–Crippen LogP) is 8.43. The van der Waals surface area contributed by atoms with Crippen LogP contribution < -0.4 is 20.3 Å². The standard InChI is InChI=1S/C33H22Br2ClFN4O5/c1-2-44-26-15-19(29(35)30(36)31(26)45-17-28(42)39-24-10-6-4-8-22(24)37)16-38-41-32(40-23-9-5-3-7-21(23)33(41)43)27-14-18-13-20(34)11-12-25(18)46-27/h3-16H,2,17H2,1H3,(H,39,42). The average Bonchev–Trinajstić information content (AvgIpc) is 3.47. The molecule has 0 saturated carbocycles. The van der Waals surface area contributed by atoms with E-state index >= 15 is 0 Å². The summed E-state index contributed by atoms with van der Waals surface area (Å²) in [6.07, 6.45) is 1.42. The van der Waals surface area contributed by atoms with E-state index in [0.29, 0.717) is 32.3 Å². The van der Waals surface area contributed by atoms with Gasteiger partial charge in [-0.1, -0.05) is 51.8 Å². The van der Waals surface area contributed by atoms with Gasteiger partial charge in [-0.2, -0.15) is 9.78 Å². The molecule has 1 amide bonds. The van der Waals surface area contributed by atoms with Gasteiger partial charge in [0.05, 0.1) is 29.4 Å². The number of benzene rings is 4. The van der Waals surface area contributed by atoms with Crippen molar-refractivity contribution in [2.24, 2.45) is 5.10 Å². The summed E-state index contributed by atoms with van der Waals surface area (Å²) >= 11 is 13.6. The first-order chi connectivity index (χ1) is 22.2. The van der Waals surface area contributed by atoms with Gasteiger partial charge in [0, 0.05) is 19.9 Å². The molecule has 0 saturated heterocycles. The monoisotopic (exact) mass is 766 g/mol. The van der Waals surface area contributed by atoms with Gasteiger partial charge in [-0.25, -0.2) is 9.37 Å². The van der Waals surface area contributed by atoms with Crippen LogP contribution in [0.15, 0.2) is 102 Å². The van der Waals surface area contributed by atoms with E-state index in [9.17, 15) is 14.0 Å². The van der Waals surface area contributed by atoms with E-state index in [2.05, 4.69) is 42.3 Å². The SMILES string of the molecule is CCOc1cc(C=Nn2c(-c3cc4cc(Br)ccc4o3)nc3ccccc3c2=O)c(Br)c(Cl)c1OCC(=O)Nc1ccccc1F. The van der Waals surface area contributed by atoms with E-state index < -0.39 is 23.9 Å². The Morgan fingerprint density at radius 3 is 2.67 bits per heavy atom. The van der Waals surface area contributed by atoms with Crippen LogP contribution in [0.25, 0.3) is 33.5 Å². The van der Waals surface area contributed by atoms with Crippen LogP contribution in [0.4, 0.5) is 10.1 Å². The highest BCUT2D eigenvalue weighted by Crippen LogP contribution is 2.42. The fraction of sp³-hybridized carbons (Fsp3) is 0.0909. The number of anilines is 1. The molecule has 0 aliphatic rings. The Labute approximate surface area is 282 Å². The van der Waals surface area contributed by atoms with Crippen molar-refractivity contribution in [1.29, 1.82) is 0 Å². The molecule has 0 spiro atoms. The topological polar surface area (TPSA) is 108 Å². The first kappa shape index (κ1) is 31.5. The molecule has 0 bridgehead atoms. The molecule has 0 fully saturated rings. The number of rotatable bonds is 9. The Morgan fingerprint density at radius 2 is 1.87 bits per heavy atom. The molecule has 4 aromatic carbocycles. The van der Waals surface area contributed by atoms with Crippen LogP contribution in [0, 0.1) is 5.82 Å². The minimum atomic E-state index is -0.598. The number of aromatic nitrogens is 2. The Hall–Kier alpha value is -4.52. The lowest BCUT2D eigenvalue weighted by Gasteiger charge is -2.16. The minimum Gasteiger partial charge on any atom is -0.490 e. The first-order valence-electron chi connectivity index (χ1n) is 13.8. The number of hydrogen-bond donors (Lipinski definition) is 1. The molecule has 1 N–H and O–H groups in total. The molecule has 0 aliphatic carbocycles. The van der Waals surface area contributed by atoms with Gasteiger partial charge in [0.2, 0.25) is 5.82 Å². The second kappa shape index (κ2) is 13.5. The van der Waals surface area contributed by atoms with Gasteiger partial charge in [-0.15, -0.1) is 0 Å². The summed E-state index contributed by atoms with van der Waals surface area (Å²) in [4.78, 5) is 30.9. The van der Waals surface area contributed by atoms with Gasteiger partial charge < -0.3 is 19.2 Å². The van der Waals surface area contributed by atoms with E-state index in [-0.39, 0.29) is 34.6 Å². The van der Waals surface area contributed by atoms with Crippen molar-refractivity contribution in [2.75, 3.05) is 18.5 Å². The number of fused-ring (bicyclic) bond motifs is 2. The number of hydrogen-bond acceptors (Lipinski definition) is 7. The van der Waals surface area contributed by atoms with Crippen molar-refractivity contribution in [3.05, 3.63) is 115 Å². The summed E-state index contributed by atoms with van der Waals surface area (Å²) in [7, 11) is 0. The number of para-hydroxylation sites is 2. The fourth-order valence-electron chi connectivity index (χ4n) is 4.62. The van der Waals surface area contributed by atoms with Gasteiger partial charge in [0.25, 0.3) is 11.5 Å². The molecule has 0 unspecified atom stereocenters. The molecule has 13 heteroatoms. The van der Waals surface area contributed by atoms with E-state index in [0.717, 1.165) is 14.5 Å². The summed E-state index contributed by atoms with van der Waals surface area (Å²) in [6.45, 7) is 1.56. The molecular formula is C33H22Br2ClFN4O5. The molecule has 6 rings (SSSR count). The van der Waals surface area contributed by atoms with Gasteiger partial charge in [-0.3, -0.25) is 9.59 Å². The Balaban J connectivity index is 1.37. The lowest BCUT2D eigenvalue weighted by Crippen LogP contribution is -2.21. The summed E-state index contributed by atoms with van der Waals surface area (Å²) in [5.74, 6) is -0.317. The molecule has 2 aromatic heterocycles. The van der Waals surface area contributed by atoms with Crippen molar-refractivity contribution in [1.82, 2.24) is 9.66 Å². The van der Waals surface area contributed by atoms with Crippen LogP contribution in [-0.4, -0.2) is 35.0 Å². The second-order valence-corrected chi connectivity index (χ2v) is 11.9. The van der Waals surface area contributed by atoms with Crippen LogP contribution in [0.2, 0.25) is 5.02 Å². The maximum atomic E-state index is 14.0. The Bertz CT molecular complexity index is 2220. The number of carbonyl (C=O) groups excluding carboxylic acids is 1. The van der Waals surface area contributed by atoms with Crippen LogP contribution in [0.3, 0.4) is 0 Å². The van der Waals surface area contributed by atoms with Gasteiger partial charge in [-0.05, 0) is 77.5 Å². The van der Waals surface area contributed by atoms with Crippen molar-refractivity contribution in [2.45, 2.75) is 6.92 Å². The quantitative estimate of drug-likeness (QED) is 0.148. The first-order valence-corrected chi connectivity index (χ1v) is 15.8. The molecule has 232 valence electrons. The molecule has 0 radical (unpaired) electrons. The molecule has 2 heterocycles. The number of halogens is 4. The number of furan rings is 1. The minimum absolute atomic E-state index is 0.0216. The highest BCUT2D eigenvalue weighted by Gasteiger charge is 2.20. The van der Waals surface area contributed by atoms with Crippen LogP contribution >= 0.6 is 43.5 Å². The third kappa shape index (κ3) is 6.41. The number of nitrogens with zero attached hydrogens (tertiary/aromatic N) is 3. The molecule has 0 atom stereocenters. The van der Waals surface area contributed by atoms with Crippen LogP contribution in [0.1, 0.15) is 12.5 Å². The summed E-state index contributed by atoms with van der Waals surface area (Å²) < 4.78 is 33.9. The van der Waals surface area contributed by atoms with E-state index in [4.69, 9.17) is 30.5 Å². The van der Waals surface area contributed by atoms with Gasteiger partial charge in [0.1, 0.15) is 16.4 Å². The van der Waals surface area contributed by atoms with Crippen molar-refractivity contribution >= 4 is 83.1 Å². The zero-order valence-corrected chi connectivity index (χ0v) is 27.8. The van der Waals surface area contributed by atoms with E-state index in [1.807, 2.05) is 18.2 Å². The fourth-order valence-corrected chi connectivity index (χ4v) is 5.65. The molecule has 6 aromatic rings. The predicted molar refractivity (Wildman–Crippen MR) is 183 cm³/mol. The van der Waals surface area contributed by atoms with E-state index in [1.54, 1.807) is 49.4 Å². The average molecular weight is 769 g/mol. The van der Waals surface area contributed by atoms with Crippen LogP contribution in [-0.2, 0) is 4.79 Å². The van der Waals surface area contributed by atoms with Gasteiger partial charge in [0.15, 0.2) is 23.9 Å². The summed E-state index contributed by atoms with van der Waals surface area (Å²) in [6, 6.07) is 21.7. The van der Waals surface area contributed by atoms with Gasteiger partial charge >= 0.3 is 0 Å². The highest BCUT2D eigenvalue weighted by atomic mass is 79.9. The second-order valence-electron chi connectivity index (χ2n) is 9.78. The largest absolute Gasteiger partial charge is 0.490 e. The molecule has 46 heavy (non-hydrogen) atoms. The van der Waals surface area contributed by atoms with Crippen molar-refractivity contribution in [3.8, 4) is 23.1 Å².